The monoisotopic (exact) mass is 104 g/mol. The number of rotatable bonds is 1. The van der Waals surface area contributed by atoms with Gasteiger partial charge in [-0.25, -0.2) is 0 Å². The van der Waals surface area contributed by atoms with E-state index >= 15 is 0 Å². The first-order valence-corrected chi connectivity index (χ1v) is 2.06. The highest BCUT2D eigenvalue weighted by Gasteiger charge is 1.79. The molecule has 0 saturated carbocycles. The molecule has 3 heteroatoms. The van der Waals surface area contributed by atoms with E-state index in [1.807, 2.05) is 13.8 Å². The molecule has 0 heterocycles. The summed E-state index contributed by atoms with van der Waals surface area (Å²) in [7, 11) is 0. The number of carbonyl (C=O) groups excluding carboxylic acids is 1. The number of hydrogen-bond acceptors (Lipinski definition) is 3. The molecule has 0 amide bonds. The summed E-state index contributed by atoms with van der Waals surface area (Å²) in [6.45, 7) is 3.71. The summed E-state index contributed by atoms with van der Waals surface area (Å²) >= 11 is 0. The van der Waals surface area contributed by atoms with E-state index in [0.717, 1.165) is 6.29 Å². The lowest BCUT2D eigenvalue weighted by atomic mass is 10.3. The maximum atomic E-state index is 9.50. The van der Waals surface area contributed by atoms with E-state index < -0.39 is 0 Å². The zero-order chi connectivity index (χ0) is 6.28. The maximum Gasteiger partial charge on any atom is 0.122 e. The third-order valence-corrected chi connectivity index (χ3v) is 0.272. The zero-order valence-corrected chi connectivity index (χ0v) is 4.72. The average molecular weight is 104 g/mol. The molecule has 0 aliphatic heterocycles. The van der Waals surface area contributed by atoms with Crippen LogP contribution in [0.15, 0.2) is 0 Å². The lowest BCUT2D eigenvalue weighted by Gasteiger charge is -1.78. The van der Waals surface area contributed by atoms with Crippen molar-refractivity contribution in [3.05, 3.63) is 0 Å². The number of hydrogen-bond donors (Lipinski definition) is 2. The molecule has 0 atom stereocenters. The summed E-state index contributed by atoms with van der Waals surface area (Å²) in [6.07, 6.45) is 0.917. The van der Waals surface area contributed by atoms with Crippen molar-refractivity contribution in [3.8, 4) is 0 Å². The number of nitrogens with two attached hydrogens (primary N) is 2. The molecule has 7 heavy (non-hydrogen) atoms. The van der Waals surface area contributed by atoms with Crippen LogP contribution in [-0.4, -0.2) is 6.29 Å². The van der Waals surface area contributed by atoms with Crippen LogP contribution in [0.2, 0.25) is 0 Å². The highest BCUT2D eigenvalue weighted by atomic mass is 16.1. The fraction of sp³-hybridized carbons (Fsp3) is 0.750. The normalized spacial score (nSPS) is 7.00. The molecule has 0 saturated heterocycles. The third kappa shape index (κ3) is 28.5. The van der Waals surface area contributed by atoms with Crippen molar-refractivity contribution in [1.82, 2.24) is 0 Å². The van der Waals surface area contributed by atoms with Gasteiger partial charge in [0.15, 0.2) is 0 Å². The van der Waals surface area contributed by atoms with E-state index in [0.29, 0.717) is 0 Å². The van der Waals surface area contributed by atoms with Gasteiger partial charge in [0.2, 0.25) is 0 Å². The molecule has 0 aromatic rings. The van der Waals surface area contributed by atoms with Crippen LogP contribution >= 0.6 is 0 Å². The Morgan fingerprint density at radius 1 is 1.43 bits per heavy atom. The zero-order valence-electron chi connectivity index (χ0n) is 4.72. The van der Waals surface area contributed by atoms with E-state index in [-0.39, 0.29) is 5.92 Å². The molecular weight excluding hydrogens is 92.1 g/mol. The first-order chi connectivity index (χ1) is 3.27. The molecule has 0 spiro atoms. The minimum Gasteiger partial charge on any atom is -0.303 e. The van der Waals surface area contributed by atoms with Crippen LogP contribution in [0.5, 0.6) is 0 Å². The van der Waals surface area contributed by atoms with Crippen LogP contribution in [0.3, 0.4) is 0 Å². The standard InChI is InChI=1S/C4H8O.H4N2/c1-4(2)3-5;1-2/h3-4H,1-2H3;1-2H2. The predicted molar refractivity (Wildman–Crippen MR) is 29.3 cm³/mol. The Morgan fingerprint density at radius 3 is 1.57 bits per heavy atom. The van der Waals surface area contributed by atoms with Gasteiger partial charge in [0.25, 0.3) is 0 Å². The van der Waals surface area contributed by atoms with Crippen LogP contribution in [-0.2, 0) is 4.79 Å². The molecule has 0 aliphatic rings. The number of carbonyl (C=O) groups is 1. The van der Waals surface area contributed by atoms with Gasteiger partial charge in [-0.05, 0) is 0 Å². The molecule has 0 radical (unpaired) electrons. The van der Waals surface area contributed by atoms with Crippen LogP contribution < -0.4 is 11.7 Å². The topological polar surface area (TPSA) is 69.1 Å². The molecule has 44 valence electrons. The summed E-state index contributed by atoms with van der Waals surface area (Å²) in [5.41, 5.74) is 0. The Labute approximate surface area is 43.7 Å². The van der Waals surface area contributed by atoms with E-state index in [1.54, 1.807) is 0 Å². The van der Waals surface area contributed by atoms with Crippen LogP contribution in [0, 0.1) is 5.92 Å². The van der Waals surface area contributed by atoms with Crippen molar-refractivity contribution in [2.45, 2.75) is 13.8 Å². The van der Waals surface area contributed by atoms with E-state index in [9.17, 15) is 4.79 Å². The van der Waals surface area contributed by atoms with E-state index in [4.69, 9.17) is 0 Å². The van der Waals surface area contributed by atoms with Gasteiger partial charge in [0.1, 0.15) is 6.29 Å². The third-order valence-electron chi connectivity index (χ3n) is 0.272. The van der Waals surface area contributed by atoms with Gasteiger partial charge >= 0.3 is 0 Å². The second-order valence-corrected chi connectivity index (χ2v) is 1.38. The van der Waals surface area contributed by atoms with Gasteiger partial charge < -0.3 is 4.79 Å². The van der Waals surface area contributed by atoms with Crippen LogP contribution in [0.1, 0.15) is 13.8 Å². The molecule has 0 fully saturated rings. The Hall–Kier alpha value is -0.410. The van der Waals surface area contributed by atoms with Gasteiger partial charge in [-0.3, -0.25) is 11.7 Å². The smallest absolute Gasteiger partial charge is 0.122 e. The number of aldehydes is 1. The minimum absolute atomic E-state index is 0.204. The van der Waals surface area contributed by atoms with Crippen LogP contribution in [0.25, 0.3) is 0 Å². The Balaban J connectivity index is 0. The lowest BCUT2D eigenvalue weighted by molar-refractivity contribution is -0.110. The van der Waals surface area contributed by atoms with Crippen molar-refractivity contribution in [2.24, 2.45) is 17.6 Å². The fourth-order valence-corrected chi connectivity index (χ4v) is 0. The van der Waals surface area contributed by atoms with Crippen molar-refractivity contribution in [1.29, 1.82) is 0 Å². The molecule has 0 rings (SSSR count). The average Bonchev–Trinajstić information content (AvgIpc) is 1.73. The summed E-state index contributed by atoms with van der Waals surface area (Å²) < 4.78 is 0. The molecular formula is C4H12N2O. The summed E-state index contributed by atoms with van der Waals surface area (Å²) in [4.78, 5) is 9.50. The van der Waals surface area contributed by atoms with Gasteiger partial charge in [-0.2, -0.15) is 0 Å². The number of hydrazine groups is 1. The molecule has 4 N–H and O–H groups in total. The summed E-state index contributed by atoms with van der Waals surface area (Å²) in [6, 6.07) is 0. The molecule has 0 aromatic carbocycles. The molecule has 0 unspecified atom stereocenters. The van der Waals surface area contributed by atoms with Crippen molar-refractivity contribution in [3.63, 3.8) is 0 Å². The highest BCUT2D eigenvalue weighted by molar-refractivity contribution is 5.51. The lowest BCUT2D eigenvalue weighted by Crippen LogP contribution is -2.02. The fourth-order valence-electron chi connectivity index (χ4n) is 0. The molecule has 0 aliphatic carbocycles. The summed E-state index contributed by atoms with van der Waals surface area (Å²) in [5.74, 6) is 8.20. The minimum atomic E-state index is 0.204. The maximum absolute atomic E-state index is 9.50. The molecule has 3 nitrogen and oxygen atoms in total. The highest BCUT2D eigenvalue weighted by Crippen LogP contribution is 1.78. The second kappa shape index (κ2) is 9.14. The van der Waals surface area contributed by atoms with Crippen molar-refractivity contribution < 1.29 is 4.79 Å². The van der Waals surface area contributed by atoms with Crippen molar-refractivity contribution >= 4 is 6.29 Å². The Kier molecular flexibility index (Phi) is 12.8. The van der Waals surface area contributed by atoms with Gasteiger partial charge in [0, 0.05) is 5.92 Å². The summed E-state index contributed by atoms with van der Waals surface area (Å²) in [5, 5.41) is 0. The van der Waals surface area contributed by atoms with Crippen molar-refractivity contribution in [2.75, 3.05) is 0 Å². The van der Waals surface area contributed by atoms with Gasteiger partial charge in [-0.1, -0.05) is 13.8 Å². The Bertz CT molecular complexity index is 36.7. The quantitative estimate of drug-likeness (QED) is 0.271. The Morgan fingerprint density at radius 2 is 1.57 bits per heavy atom. The van der Waals surface area contributed by atoms with E-state index in [1.165, 1.54) is 0 Å². The van der Waals surface area contributed by atoms with Gasteiger partial charge in [-0.15, -0.1) is 0 Å². The largest absolute Gasteiger partial charge is 0.303 e. The second-order valence-electron chi connectivity index (χ2n) is 1.38. The van der Waals surface area contributed by atoms with Gasteiger partial charge in [0.05, 0.1) is 0 Å². The first-order valence-electron chi connectivity index (χ1n) is 2.06. The van der Waals surface area contributed by atoms with Crippen LogP contribution in [0.4, 0.5) is 0 Å². The van der Waals surface area contributed by atoms with E-state index in [2.05, 4.69) is 11.7 Å². The predicted octanol–water partition coefficient (Wildman–Crippen LogP) is -0.340. The molecule has 0 bridgehead atoms. The molecule has 0 aromatic heterocycles. The first kappa shape index (κ1) is 9.77. The SMILES string of the molecule is CC(C)C=O.NN.